The molecular formula is C27H34N6O3S. The number of ether oxygens (including phenoxy) is 1. The quantitative estimate of drug-likeness (QED) is 0.309. The molecule has 1 atom stereocenters. The van der Waals surface area contributed by atoms with Gasteiger partial charge in [0.25, 0.3) is 0 Å². The van der Waals surface area contributed by atoms with Crippen molar-refractivity contribution in [1.29, 1.82) is 0 Å². The maximum absolute atomic E-state index is 11.7. The summed E-state index contributed by atoms with van der Waals surface area (Å²) in [5.74, 6) is 1.01. The minimum absolute atomic E-state index is 0.263. The van der Waals surface area contributed by atoms with Gasteiger partial charge < -0.3 is 20.5 Å². The minimum Gasteiger partial charge on any atom is -0.465 e. The highest BCUT2D eigenvalue weighted by Crippen LogP contribution is 2.47. The predicted molar refractivity (Wildman–Crippen MR) is 146 cm³/mol. The highest BCUT2D eigenvalue weighted by atomic mass is 32.1. The second kappa shape index (κ2) is 10.6. The van der Waals surface area contributed by atoms with Crippen molar-refractivity contribution in [1.82, 2.24) is 19.9 Å². The first-order valence-corrected chi connectivity index (χ1v) is 13.6. The Hall–Kier alpha value is -3.24. The molecule has 0 spiro atoms. The van der Waals surface area contributed by atoms with E-state index in [4.69, 9.17) is 14.7 Å². The zero-order valence-electron chi connectivity index (χ0n) is 21.5. The molecule has 2 aromatic heterocycles. The number of rotatable bonds is 9. The van der Waals surface area contributed by atoms with Crippen LogP contribution in [0.5, 0.6) is 0 Å². The van der Waals surface area contributed by atoms with Gasteiger partial charge in [0.2, 0.25) is 5.95 Å². The van der Waals surface area contributed by atoms with Crippen LogP contribution >= 0.6 is 11.3 Å². The van der Waals surface area contributed by atoms with Crippen LogP contribution in [0.3, 0.4) is 0 Å². The van der Waals surface area contributed by atoms with E-state index in [9.17, 15) is 9.90 Å². The van der Waals surface area contributed by atoms with Crippen molar-refractivity contribution in [3.63, 3.8) is 0 Å². The van der Waals surface area contributed by atoms with Gasteiger partial charge in [-0.25, -0.2) is 19.7 Å². The van der Waals surface area contributed by atoms with E-state index < -0.39 is 11.6 Å². The van der Waals surface area contributed by atoms with Crippen LogP contribution in [0.25, 0.3) is 10.6 Å². The van der Waals surface area contributed by atoms with E-state index in [1.165, 1.54) is 17.7 Å². The number of carboxylic acid groups (broad SMARTS) is 1. The summed E-state index contributed by atoms with van der Waals surface area (Å²) in [6.07, 6.45) is 5.65. The Bertz CT molecular complexity index is 1230. The number of nitrogens with zero attached hydrogens (tertiary/aromatic N) is 4. The normalized spacial score (nSPS) is 17.5. The van der Waals surface area contributed by atoms with Gasteiger partial charge in [-0.1, -0.05) is 23.5 Å². The largest absolute Gasteiger partial charge is 0.465 e. The summed E-state index contributed by atoms with van der Waals surface area (Å²) < 4.78 is 5.74. The van der Waals surface area contributed by atoms with Gasteiger partial charge in [0, 0.05) is 43.0 Å². The van der Waals surface area contributed by atoms with Crippen LogP contribution in [0.15, 0.2) is 36.5 Å². The highest BCUT2D eigenvalue weighted by molar-refractivity contribution is 7.19. The van der Waals surface area contributed by atoms with Crippen LogP contribution in [-0.2, 0) is 11.3 Å². The third kappa shape index (κ3) is 6.37. The molecule has 2 fully saturated rings. The van der Waals surface area contributed by atoms with Crippen LogP contribution in [0, 0.1) is 0 Å². The lowest BCUT2D eigenvalue weighted by Gasteiger charge is -2.33. The maximum atomic E-state index is 11.7. The number of aromatic nitrogens is 3. The van der Waals surface area contributed by atoms with Gasteiger partial charge in [-0.2, -0.15) is 0 Å². The van der Waals surface area contributed by atoms with Crippen molar-refractivity contribution in [3.8, 4) is 10.6 Å². The second-order valence-electron chi connectivity index (χ2n) is 10.7. The van der Waals surface area contributed by atoms with Gasteiger partial charge in [0.15, 0.2) is 5.13 Å². The molecule has 3 N–H and O–H groups in total. The molecule has 2 aliphatic rings. The molecule has 1 aliphatic carbocycles. The summed E-state index contributed by atoms with van der Waals surface area (Å²) in [6.45, 7) is 7.62. The number of nitrogens with one attached hydrogen (secondary N) is 2. The van der Waals surface area contributed by atoms with Crippen molar-refractivity contribution in [2.24, 2.45) is 0 Å². The van der Waals surface area contributed by atoms with Crippen molar-refractivity contribution < 1.29 is 14.6 Å². The standard InChI is InChI=1S/C27H34N6O3S/c1-27(2,3)33(26(34)35)16-17-6-10-19(11-7-17)30-24-28-13-12-21(31-24)23-22(18-8-9-18)32-25(37-23)29-15-20-5-4-14-36-20/h6-7,10-13,18,20H,4-5,8-9,14-16H2,1-3H3,(H,29,32)(H,34,35)(H,28,30,31). The smallest absolute Gasteiger partial charge is 0.408 e. The molecule has 3 aromatic rings. The number of carbonyl (C=O) groups is 1. The minimum atomic E-state index is -0.932. The van der Waals surface area contributed by atoms with E-state index in [0.717, 1.165) is 58.6 Å². The number of amides is 1. The summed E-state index contributed by atoms with van der Waals surface area (Å²) in [6, 6.07) is 9.63. The number of hydrogen-bond donors (Lipinski definition) is 3. The van der Waals surface area contributed by atoms with E-state index >= 15 is 0 Å². The van der Waals surface area contributed by atoms with Gasteiger partial charge in [0.05, 0.1) is 22.4 Å². The fourth-order valence-corrected chi connectivity index (χ4v) is 5.40. The molecule has 1 aliphatic heterocycles. The van der Waals surface area contributed by atoms with Crippen LogP contribution in [-0.4, -0.2) is 55.8 Å². The third-order valence-corrected chi connectivity index (χ3v) is 7.65. The van der Waals surface area contributed by atoms with Crippen LogP contribution in [0.1, 0.15) is 63.6 Å². The summed E-state index contributed by atoms with van der Waals surface area (Å²) >= 11 is 1.64. The summed E-state index contributed by atoms with van der Waals surface area (Å²) in [7, 11) is 0. The van der Waals surface area contributed by atoms with Gasteiger partial charge in [-0.15, -0.1) is 0 Å². The number of hydrogen-bond acceptors (Lipinski definition) is 8. The topological polar surface area (TPSA) is 113 Å². The fraction of sp³-hybridized carbons (Fsp3) is 0.481. The number of benzene rings is 1. The average Bonchev–Trinajstić information content (AvgIpc) is 3.39. The van der Waals surface area contributed by atoms with E-state index in [1.807, 2.05) is 51.1 Å². The molecule has 10 heteroatoms. The first-order chi connectivity index (χ1) is 17.8. The molecule has 1 saturated heterocycles. The first kappa shape index (κ1) is 25.4. The lowest BCUT2D eigenvalue weighted by atomic mass is 10.1. The Morgan fingerprint density at radius 1 is 1.16 bits per heavy atom. The Labute approximate surface area is 221 Å². The molecular weight excluding hydrogens is 488 g/mol. The zero-order chi connectivity index (χ0) is 26.0. The molecule has 1 aromatic carbocycles. The van der Waals surface area contributed by atoms with Gasteiger partial charge in [0.1, 0.15) is 0 Å². The lowest BCUT2D eigenvalue weighted by Crippen LogP contribution is -2.44. The summed E-state index contributed by atoms with van der Waals surface area (Å²) in [5.41, 5.74) is 3.26. The third-order valence-electron chi connectivity index (χ3n) is 6.60. The molecule has 3 heterocycles. The molecule has 37 heavy (non-hydrogen) atoms. The first-order valence-electron chi connectivity index (χ1n) is 12.8. The van der Waals surface area contributed by atoms with Crippen LogP contribution < -0.4 is 10.6 Å². The number of thiazole rings is 1. The Kier molecular flexibility index (Phi) is 7.30. The highest BCUT2D eigenvalue weighted by Gasteiger charge is 2.31. The van der Waals surface area contributed by atoms with E-state index in [1.54, 1.807) is 17.5 Å². The average molecular weight is 523 g/mol. The predicted octanol–water partition coefficient (Wildman–Crippen LogP) is 6.09. The molecule has 1 saturated carbocycles. The van der Waals surface area contributed by atoms with Gasteiger partial charge in [-0.05, 0) is 70.2 Å². The van der Waals surface area contributed by atoms with Crippen LogP contribution in [0.4, 0.5) is 21.6 Å². The Balaban J connectivity index is 1.28. The second-order valence-corrected chi connectivity index (χ2v) is 11.6. The Morgan fingerprint density at radius 3 is 2.59 bits per heavy atom. The molecule has 196 valence electrons. The van der Waals surface area contributed by atoms with Crippen molar-refractivity contribution in [3.05, 3.63) is 47.8 Å². The summed E-state index contributed by atoms with van der Waals surface area (Å²) in [4.78, 5) is 28.3. The van der Waals surface area contributed by atoms with Crippen molar-refractivity contribution in [2.75, 3.05) is 23.8 Å². The molecule has 1 unspecified atom stereocenters. The van der Waals surface area contributed by atoms with Gasteiger partial charge >= 0.3 is 6.09 Å². The van der Waals surface area contributed by atoms with Crippen LogP contribution in [0.2, 0.25) is 0 Å². The van der Waals surface area contributed by atoms with Gasteiger partial charge in [-0.3, -0.25) is 4.90 Å². The number of anilines is 3. The van der Waals surface area contributed by atoms with E-state index in [0.29, 0.717) is 18.4 Å². The monoisotopic (exact) mass is 522 g/mol. The van der Waals surface area contributed by atoms with Crippen molar-refractivity contribution in [2.45, 2.75) is 70.6 Å². The zero-order valence-corrected chi connectivity index (χ0v) is 22.3. The fourth-order valence-electron chi connectivity index (χ4n) is 4.37. The molecule has 0 radical (unpaired) electrons. The molecule has 9 nitrogen and oxygen atoms in total. The van der Waals surface area contributed by atoms with Crippen molar-refractivity contribution >= 4 is 34.2 Å². The SMILES string of the molecule is CC(C)(C)N(Cc1ccc(Nc2nccc(-c3sc(NCC4CCCO4)nc3C3CC3)n2)cc1)C(=O)O. The maximum Gasteiger partial charge on any atom is 0.408 e. The molecule has 1 amide bonds. The van der Waals surface area contributed by atoms with E-state index in [-0.39, 0.29) is 6.10 Å². The molecule has 5 rings (SSSR count). The molecule has 0 bridgehead atoms. The lowest BCUT2D eigenvalue weighted by molar-refractivity contribution is 0.0955. The van der Waals surface area contributed by atoms with E-state index in [2.05, 4.69) is 15.6 Å². The Morgan fingerprint density at radius 2 is 1.95 bits per heavy atom. The summed E-state index contributed by atoms with van der Waals surface area (Å²) in [5, 5.41) is 17.2.